The number of rotatable bonds is 7. The van der Waals surface area contributed by atoms with Crippen molar-refractivity contribution in [3.05, 3.63) is 58.7 Å². The summed E-state index contributed by atoms with van der Waals surface area (Å²) in [5, 5.41) is 3.77. The van der Waals surface area contributed by atoms with E-state index in [-0.39, 0.29) is 28.8 Å². The van der Waals surface area contributed by atoms with E-state index in [2.05, 4.69) is 14.7 Å². The predicted octanol–water partition coefficient (Wildman–Crippen LogP) is 5.62. The lowest BCUT2D eigenvalue weighted by molar-refractivity contribution is -0.137. The summed E-state index contributed by atoms with van der Waals surface area (Å²) >= 11 is 1.34. The van der Waals surface area contributed by atoms with E-state index < -0.39 is 11.7 Å². The molecular formula is C21H20F3N3O2S. The number of thioether (sulfide) groups is 1. The van der Waals surface area contributed by atoms with Crippen molar-refractivity contribution in [1.82, 2.24) is 14.7 Å². The molecular weight excluding hydrogens is 415 g/mol. The smallest absolute Gasteiger partial charge is 0.345 e. The fourth-order valence-electron chi connectivity index (χ4n) is 3.53. The number of hydrogen-bond acceptors (Lipinski definition) is 5. The first-order valence-electron chi connectivity index (χ1n) is 9.53. The number of halogens is 3. The Kier molecular flexibility index (Phi) is 5.48. The third kappa shape index (κ3) is 4.30. The maximum absolute atomic E-state index is 12.9. The van der Waals surface area contributed by atoms with Crippen molar-refractivity contribution in [3.8, 4) is 11.4 Å². The minimum atomic E-state index is -4.44. The molecule has 1 aliphatic carbocycles. The Morgan fingerprint density at radius 2 is 2.03 bits per heavy atom. The summed E-state index contributed by atoms with van der Waals surface area (Å²) < 4.78 is 46.0. The number of nitrogens with zero attached hydrogens (tertiary/aromatic N) is 3. The molecule has 2 aromatic heterocycles. The van der Waals surface area contributed by atoms with E-state index in [0.717, 1.165) is 41.9 Å². The Morgan fingerprint density at radius 3 is 2.73 bits per heavy atom. The molecule has 0 radical (unpaired) electrons. The first-order valence-corrected chi connectivity index (χ1v) is 10.7. The molecule has 4 rings (SSSR count). The van der Waals surface area contributed by atoms with Crippen LogP contribution in [-0.4, -0.2) is 26.2 Å². The molecule has 9 heteroatoms. The van der Waals surface area contributed by atoms with Gasteiger partial charge in [0, 0.05) is 28.6 Å². The van der Waals surface area contributed by atoms with E-state index in [0.29, 0.717) is 11.8 Å². The molecule has 0 amide bonds. The fourth-order valence-corrected chi connectivity index (χ4v) is 4.26. The molecule has 0 N–H and O–H groups in total. The standard InChI is InChI=1S/C21H20F3N3O2S/c1-12-8-17(13(2)27(12)16-6-7-16)18(28)10-30-11-19-25-20(26-29-19)14-4-3-5-15(9-14)21(22,23)24/h3-5,8-9,16H,6-7,10-11H2,1-2H3. The van der Waals surface area contributed by atoms with E-state index in [9.17, 15) is 18.0 Å². The number of aromatic nitrogens is 3. The van der Waals surface area contributed by atoms with Crippen LogP contribution in [0.25, 0.3) is 11.4 Å². The van der Waals surface area contributed by atoms with Gasteiger partial charge in [-0.25, -0.2) is 0 Å². The Bertz CT molecular complexity index is 1080. The van der Waals surface area contributed by atoms with Gasteiger partial charge < -0.3 is 9.09 Å². The van der Waals surface area contributed by atoms with Gasteiger partial charge in [-0.05, 0) is 44.9 Å². The monoisotopic (exact) mass is 435 g/mol. The molecule has 30 heavy (non-hydrogen) atoms. The number of Topliss-reactive ketones (excluding diaryl/α,β-unsaturated/α-hetero) is 1. The number of alkyl halides is 3. The van der Waals surface area contributed by atoms with Crippen molar-refractivity contribution in [2.24, 2.45) is 0 Å². The van der Waals surface area contributed by atoms with E-state index in [1.165, 1.54) is 23.9 Å². The normalized spacial score (nSPS) is 14.3. The second-order valence-electron chi connectivity index (χ2n) is 7.39. The number of hydrogen-bond donors (Lipinski definition) is 0. The summed E-state index contributed by atoms with van der Waals surface area (Å²) in [6.07, 6.45) is -2.12. The molecule has 158 valence electrons. The minimum Gasteiger partial charge on any atom is -0.345 e. The SMILES string of the molecule is Cc1cc(C(=O)CSCc2nc(-c3cccc(C(F)(F)F)c3)no2)c(C)n1C1CC1. The highest BCUT2D eigenvalue weighted by Crippen LogP contribution is 2.38. The number of aryl methyl sites for hydroxylation is 1. The molecule has 1 aromatic carbocycles. The second-order valence-corrected chi connectivity index (χ2v) is 8.38. The van der Waals surface area contributed by atoms with Crippen LogP contribution in [0.3, 0.4) is 0 Å². The largest absolute Gasteiger partial charge is 0.416 e. The van der Waals surface area contributed by atoms with Gasteiger partial charge in [-0.3, -0.25) is 4.79 Å². The first kappa shape index (κ1) is 20.7. The van der Waals surface area contributed by atoms with Crippen LogP contribution in [0.1, 0.15) is 52.1 Å². The summed E-state index contributed by atoms with van der Waals surface area (Å²) in [4.78, 5) is 16.8. The summed E-state index contributed by atoms with van der Waals surface area (Å²) in [6.45, 7) is 3.99. The summed E-state index contributed by atoms with van der Waals surface area (Å²) in [6, 6.07) is 7.24. The molecule has 5 nitrogen and oxygen atoms in total. The quantitative estimate of drug-likeness (QED) is 0.451. The van der Waals surface area contributed by atoms with Crippen LogP contribution in [0, 0.1) is 13.8 Å². The van der Waals surface area contributed by atoms with E-state index >= 15 is 0 Å². The molecule has 3 aromatic rings. The van der Waals surface area contributed by atoms with Crippen LogP contribution in [0.5, 0.6) is 0 Å². The molecule has 0 bridgehead atoms. The first-order chi connectivity index (χ1) is 14.2. The Morgan fingerprint density at radius 1 is 1.27 bits per heavy atom. The van der Waals surface area contributed by atoms with Gasteiger partial charge >= 0.3 is 6.18 Å². The van der Waals surface area contributed by atoms with E-state index in [1.54, 1.807) is 0 Å². The molecule has 1 saturated carbocycles. The lowest BCUT2D eigenvalue weighted by Gasteiger charge is -2.07. The highest BCUT2D eigenvalue weighted by Gasteiger charge is 2.31. The second kappa shape index (κ2) is 7.94. The van der Waals surface area contributed by atoms with Crippen molar-refractivity contribution in [3.63, 3.8) is 0 Å². The van der Waals surface area contributed by atoms with Crippen LogP contribution < -0.4 is 0 Å². The highest BCUT2D eigenvalue weighted by molar-refractivity contribution is 7.99. The molecule has 0 atom stereocenters. The Labute approximate surface area is 175 Å². The molecule has 1 aliphatic rings. The molecule has 0 spiro atoms. The van der Waals surface area contributed by atoms with Crippen LogP contribution in [0.2, 0.25) is 0 Å². The molecule has 0 unspecified atom stereocenters. The van der Waals surface area contributed by atoms with Gasteiger partial charge in [-0.15, -0.1) is 11.8 Å². The average molecular weight is 435 g/mol. The summed E-state index contributed by atoms with van der Waals surface area (Å²) in [7, 11) is 0. The van der Waals surface area contributed by atoms with Crippen LogP contribution >= 0.6 is 11.8 Å². The molecule has 2 heterocycles. The average Bonchev–Trinajstić information content (AvgIpc) is 3.33. The zero-order valence-corrected chi connectivity index (χ0v) is 17.3. The van der Waals surface area contributed by atoms with Gasteiger partial charge in [0.15, 0.2) is 5.78 Å². The van der Waals surface area contributed by atoms with Gasteiger partial charge in [0.25, 0.3) is 0 Å². The number of ketones is 1. The number of carbonyl (C=O) groups is 1. The Hall–Kier alpha value is -2.55. The Balaban J connectivity index is 1.37. The zero-order valence-electron chi connectivity index (χ0n) is 16.5. The lowest BCUT2D eigenvalue weighted by atomic mass is 10.1. The topological polar surface area (TPSA) is 60.9 Å². The maximum atomic E-state index is 12.9. The number of carbonyl (C=O) groups excluding carboxylic acids is 1. The highest BCUT2D eigenvalue weighted by atomic mass is 32.2. The van der Waals surface area contributed by atoms with Crippen molar-refractivity contribution >= 4 is 17.5 Å². The minimum absolute atomic E-state index is 0.0395. The lowest BCUT2D eigenvalue weighted by Crippen LogP contribution is -2.06. The number of benzene rings is 1. The van der Waals surface area contributed by atoms with Crippen molar-refractivity contribution < 1.29 is 22.5 Å². The molecule has 0 aliphatic heterocycles. The molecule has 1 fully saturated rings. The van der Waals surface area contributed by atoms with Gasteiger partial charge in [-0.1, -0.05) is 17.3 Å². The third-order valence-corrected chi connectivity index (χ3v) is 5.99. The van der Waals surface area contributed by atoms with Gasteiger partial charge in [0.1, 0.15) is 0 Å². The zero-order chi connectivity index (χ0) is 21.5. The molecule has 0 saturated heterocycles. The summed E-state index contributed by atoms with van der Waals surface area (Å²) in [5.74, 6) is 0.965. The van der Waals surface area contributed by atoms with Crippen molar-refractivity contribution in [2.75, 3.05) is 5.75 Å². The van der Waals surface area contributed by atoms with E-state index in [1.807, 2.05) is 19.9 Å². The van der Waals surface area contributed by atoms with E-state index in [4.69, 9.17) is 4.52 Å². The maximum Gasteiger partial charge on any atom is 0.416 e. The van der Waals surface area contributed by atoms with Gasteiger partial charge in [-0.2, -0.15) is 18.2 Å². The van der Waals surface area contributed by atoms with Crippen molar-refractivity contribution in [2.45, 2.75) is 44.7 Å². The summed E-state index contributed by atoms with van der Waals surface area (Å²) in [5.41, 5.74) is 2.31. The van der Waals surface area contributed by atoms with Crippen LogP contribution in [0.15, 0.2) is 34.9 Å². The van der Waals surface area contributed by atoms with Crippen LogP contribution in [-0.2, 0) is 11.9 Å². The fraction of sp³-hybridized carbons (Fsp3) is 0.381. The predicted molar refractivity (Wildman–Crippen MR) is 107 cm³/mol. The third-order valence-electron chi connectivity index (χ3n) is 5.07. The van der Waals surface area contributed by atoms with Crippen LogP contribution in [0.4, 0.5) is 13.2 Å². The van der Waals surface area contributed by atoms with Gasteiger partial charge in [0.05, 0.1) is 17.1 Å². The van der Waals surface area contributed by atoms with Gasteiger partial charge in [0.2, 0.25) is 11.7 Å². The van der Waals surface area contributed by atoms with Crippen molar-refractivity contribution in [1.29, 1.82) is 0 Å².